The third kappa shape index (κ3) is 1.73. The number of benzene rings is 1. The summed E-state index contributed by atoms with van der Waals surface area (Å²) in [4.78, 5) is 0.0647. The molecule has 5 heteroatoms. The van der Waals surface area contributed by atoms with Crippen molar-refractivity contribution >= 4 is 28.2 Å². The highest BCUT2D eigenvalue weighted by molar-refractivity contribution is 7.80. The van der Waals surface area contributed by atoms with E-state index in [2.05, 4.69) is 0 Å². The van der Waals surface area contributed by atoms with Crippen molar-refractivity contribution in [3.05, 3.63) is 41.2 Å². The van der Waals surface area contributed by atoms with Crippen molar-refractivity contribution in [1.82, 2.24) is 0 Å². The second-order valence-electron chi connectivity index (χ2n) is 3.04. The van der Waals surface area contributed by atoms with Crippen molar-refractivity contribution in [2.24, 2.45) is 5.73 Å². The van der Waals surface area contributed by atoms with Crippen LogP contribution >= 0.6 is 12.2 Å². The van der Waals surface area contributed by atoms with E-state index in [0.29, 0.717) is 16.5 Å². The smallest absolute Gasteiger partial charge is 0.222 e. The van der Waals surface area contributed by atoms with E-state index in [9.17, 15) is 4.39 Å². The molecule has 3 nitrogen and oxygen atoms in total. The third-order valence-corrected chi connectivity index (χ3v) is 2.21. The van der Waals surface area contributed by atoms with Gasteiger partial charge in [0.25, 0.3) is 0 Å². The van der Waals surface area contributed by atoms with Gasteiger partial charge in [0.05, 0.1) is 5.56 Å². The number of nitrogens with one attached hydrogen (secondary N) is 1. The molecule has 0 atom stereocenters. The minimum atomic E-state index is -0.371. The summed E-state index contributed by atoms with van der Waals surface area (Å²) in [5.74, 6) is -0.371. The van der Waals surface area contributed by atoms with E-state index in [1.807, 2.05) is 0 Å². The van der Waals surface area contributed by atoms with Crippen LogP contribution in [0.2, 0.25) is 0 Å². The van der Waals surface area contributed by atoms with Gasteiger partial charge >= 0.3 is 0 Å². The Bertz CT molecular complexity index is 606. The van der Waals surface area contributed by atoms with Crippen molar-refractivity contribution in [3.8, 4) is 0 Å². The van der Waals surface area contributed by atoms with E-state index in [1.54, 1.807) is 6.07 Å². The van der Waals surface area contributed by atoms with E-state index in [4.69, 9.17) is 27.8 Å². The van der Waals surface area contributed by atoms with Crippen molar-refractivity contribution < 1.29 is 8.81 Å². The molecule has 0 fully saturated rings. The van der Waals surface area contributed by atoms with Crippen LogP contribution in [0.3, 0.4) is 0 Å². The number of hydrogen-bond donors (Lipinski definition) is 2. The van der Waals surface area contributed by atoms with E-state index >= 15 is 0 Å². The quantitative estimate of drug-likeness (QED) is 0.722. The Labute approximate surface area is 89.8 Å². The minimum Gasteiger partial charge on any atom is -0.438 e. The number of hydrogen-bond acceptors (Lipinski definition) is 3. The molecule has 0 bridgehead atoms. The molecular formula is C10H7FN2OS. The normalized spacial score (nSPS) is 10.5. The summed E-state index contributed by atoms with van der Waals surface area (Å²) < 4.78 is 18.1. The van der Waals surface area contributed by atoms with Crippen molar-refractivity contribution in [1.29, 1.82) is 5.41 Å². The van der Waals surface area contributed by atoms with Gasteiger partial charge in [0.15, 0.2) is 0 Å². The van der Waals surface area contributed by atoms with Gasteiger partial charge in [-0.3, -0.25) is 5.41 Å². The summed E-state index contributed by atoms with van der Waals surface area (Å²) in [6.07, 6.45) is 0. The van der Waals surface area contributed by atoms with Gasteiger partial charge in [0.1, 0.15) is 16.4 Å². The van der Waals surface area contributed by atoms with Crippen LogP contribution in [0.5, 0.6) is 0 Å². The molecule has 2 aromatic rings. The maximum atomic E-state index is 12.9. The molecule has 0 radical (unpaired) electrons. The zero-order valence-corrected chi connectivity index (χ0v) is 8.40. The average Bonchev–Trinajstić information content (AvgIpc) is 2.17. The number of nitrogens with two attached hydrogens (primary N) is 1. The highest BCUT2D eigenvalue weighted by Gasteiger charge is 2.05. The van der Waals surface area contributed by atoms with Crippen LogP contribution in [0, 0.1) is 11.2 Å². The predicted molar refractivity (Wildman–Crippen MR) is 57.9 cm³/mol. The zero-order chi connectivity index (χ0) is 11.0. The molecular weight excluding hydrogens is 215 g/mol. The van der Waals surface area contributed by atoms with Crippen molar-refractivity contribution in [3.63, 3.8) is 0 Å². The molecule has 0 aliphatic heterocycles. The topological polar surface area (TPSA) is 63.0 Å². The van der Waals surface area contributed by atoms with Crippen LogP contribution in [-0.2, 0) is 0 Å². The lowest BCUT2D eigenvalue weighted by atomic mass is 10.2. The monoisotopic (exact) mass is 222 g/mol. The summed E-state index contributed by atoms with van der Waals surface area (Å²) in [5.41, 5.74) is 6.03. The van der Waals surface area contributed by atoms with E-state index in [1.165, 1.54) is 18.2 Å². The summed E-state index contributed by atoms with van der Waals surface area (Å²) in [5, 5.41) is 8.04. The maximum Gasteiger partial charge on any atom is 0.222 e. The molecule has 3 N–H and O–H groups in total. The highest BCUT2D eigenvalue weighted by Crippen LogP contribution is 2.14. The van der Waals surface area contributed by atoms with Gasteiger partial charge in [-0.15, -0.1) is 0 Å². The molecule has 0 aliphatic carbocycles. The molecule has 1 heterocycles. The summed E-state index contributed by atoms with van der Waals surface area (Å²) in [6.45, 7) is 0. The zero-order valence-electron chi connectivity index (χ0n) is 7.58. The summed E-state index contributed by atoms with van der Waals surface area (Å²) in [7, 11) is 0. The fourth-order valence-corrected chi connectivity index (χ4v) is 1.45. The molecule has 15 heavy (non-hydrogen) atoms. The van der Waals surface area contributed by atoms with E-state index < -0.39 is 0 Å². The minimum absolute atomic E-state index is 0.0647. The third-order valence-electron chi connectivity index (χ3n) is 1.99. The predicted octanol–water partition coefficient (Wildman–Crippen LogP) is 1.69. The average molecular weight is 222 g/mol. The summed E-state index contributed by atoms with van der Waals surface area (Å²) >= 11 is 4.75. The fraction of sp³-hybridized carbons (Fsp3) is 0. The van der Waals surface area contributed by atoms with Crippen molar-refractivity contribution in [2.75, 3.05) is 0 Å². The van der Waals surface area contributed by atoms with Gasteiger partial charge in [-0.05, 0) is 24.3 Å². The number of fused-ring (bicyclic) bond motifs is 1. The van der Waals surface area contributed by atoms with Crippen LogP contribution in [-0.4, -0.2) is 4.99 Å². The first-order chi connectivity index (χ1) is 7.08. The Balaban J connectivity index is 2.83. The first kappa shape index (κ1) is 9.79. The first-order valence-corrected chi connectivity index (χ1v) is 4.56. The lowest BCUT2D eigenvalue weighted by Crippen LogP contribution is -2.19. The molecule has 1 aromatic carbocycles. The molecule has 1 aromatic heterocycles. The van der Waals surface area contributed by atoms with E-state index in [0.717, 1.165) is 0 Å². The summed E-state index contributed by atoms with van der Waals surface area (Å²) in [6, 6.07) is 5.59. The Morgan fingerprint density at radius 2 is 2.13 bits per heavy atom. The van der Waals surface area contributed by atoms with Gasteiger partial charge < -0.3 is 10.2 Å². The van der Waals surface area contributed by atoms with Crippen molar-refractivity contribution in [2.45, 2.75) is 0 Å². The second kappa shape index (κ2) is 3.43. The molecule has 0 amide bonds. The van der Waals surface area contributed by atoms with Gasteiger partial charge in [-0.2, -0.15) is 0 Å². The van der Waals surface area contributed by atoms with Gasteiger partial charge in [-0.25, -0.2) is 4.39 Å². The van der Waals surface area contributed by atoms with Gasteiger partial charge in [0, 0.05) is 5.39 Å². The van der Waals surface area contributed by atoms with Crippen LogP contribution in [0.15, 0.2) is 28.7 Å². The van der Waals surface area contributed by atoms with Crippen LogP contribution < -0.4 is 11.3 Å². The number of thiocarbonyl (C=S) groups is 1. The van der Waals surface area contributed by atoms with Crippen LogP contribution in [0.1, 0.15) is 5.56 Å². The molecule has 0 aliphatic rings. The number of halogens is 1. The highest BCUT2D eigenvalue weighted by atomic mass is 32.1. The maximum absolute atomic E-state index is 12.9. The molecule has 0 spiro atoms. The Morgan fingerprint density at radius 1 is 1.40 bits per heavy atom. The standard InChI is InChI=1S/C10H7FN2OS/c11-6-1-2-8-5(3-6)4-7(10(13)15)9(12)14-8/h1-4,12H,(H2,13,15). The van der Waals surface area contributed by atoms with Crippen LogP contribution in [0.25, 0.3) is 11.0 Å². The largest absolute Gasteiger partial charge is 0.438 e. The SMILES string of the molecule is N=c1oc2ccc(F)cc2cc1C(N)=S. The fourth-order valence-electron chi connectivity index (χ4n) is 1.29. The molecule has 0 unspecified atom stereocenters. The van der Waals surface area contributed by atoms with Gasteiger partial charge in [0.2, 0.25) is 5.55 Å². The number of rotatable bonds is 1. The van der Waals surface area contributed by atoms with E-state index in [-0.39, 0.29) is 16.4 Å². The lowest BCUT2D eigenvalue weighted by Gasteiger charge is -2.01. The Hall–Kier alpha value is -1.75. The molecule has 76 valence electrons. The van der Waals surface area contributed by atoms with Crippen LogP contribution in [0.4, 0.5) is 4.39 Å². The molecule has 2 rings (SSSR count). The lowest BCUT2D eigenvalue weighted by molar-refractivity contribution is 0.530. The molecule has 0 saturated heterocycles. The van der Waals surface area contributed by atoms with Gasteiger partial charge in [-0.1, -0.05) is 12.2 Å². The Kier molecular flexibility index (Phi) is 2.24. The Morgan fingerprint density at radius 3 is 2.80 bits per heavy atom. The second-order valence-corrected chi connectivity index (χ2v) is 3.48. The molecule has 0 saturated carbocycles. The first-order valence-electron chi connectivity index (χ1n) is 4.16.